The minimum absolute atomic E-state index is 0.00652. The lowest BCUT2D eigenvalue weighted by molar-refractivity contribution is -0.0878. The number of piperidine rings is 1. The molecule has 0 spiro atoms. The summed E-state index contributed by atoms with van der Waals surface area (Å²) in [7, 11) is 1.75. The predicted molar refractivity (Wildman–Crippen MR) is 99.6 cm³/mol. The number of fused-ring (bicyclic) bond motifs is 2. The van der Waals surface area contributed by atoms with Gasteiger partial charge >= 0.3 is 6.03 Å². The summed E-state index contributed by atoms with van der Waals surface area (Å²) < 4.78 is 21.0. The van der Waals surface area contributed by atoms with Crippen LogP contribution in [-0.2, 0) is 4.74 Å². The van der Waals surface area contributed by atoms with Crippen molar-refractivity contribution in [3.8, 4) is 11.8 Å². The second-order valence-electron chi connectivity index (χ2n) is 7.00. The third-order valence-electron chi connectivity index (χ3n) is 5.34. The van der Waals surface area contributed by atoms with E-state index in [1.165, 1.54) is 16.8 Å². The Labute approximate surface area is 162 Å². The number of morpholine rings is 1. The Morgan fingerprint density at radius 2 is 2.29 bits per heavy atom. The highest BCUT2D eigenvalue weighted by Crippen LogP contribution is 2.23. The van der Waals surface area contributed by atoms with Crippen molar-refractivity contribution in [3.05, 3.63) is 41.8 Å². The molecule has 1 aromatic carbocycles. The summed E-state index contributed by atoms with van der Waals surface area (Å²) in [5, 5.41) is 16.2. The first-order chi connectivity index (χ1) is 13.6. The number of nitrogens with one attached hydrogen (secondary N) is 1. The summed E-state index contributed by atoms with van der Waals surface area (Å²) in [4.78, 5) is 16.7. The van der Waals surface area contributed by atoms with Crippen LogP contribution in [0.2, 0.25) is 0 Å². The number of urea groups is 1. The van der Waals surface area contributed by atoms with Gasteiger partial charge in [-0.2, -0.15) is 5.26 Å². The minimum Gasteiger partial charge on any atom is -0.373 e. The second-order valence-corrected chi connectivity index (χ2v) is 7.00. The Morgan fingerprint density at radius 1 is 1.43 bits per heavy atom. The summed E-state index contributed by atoms with van der Waals surface area (Å²) in [6.07, 6.45) is 2.45. The molecule has 3 heterocycles. The number of hydrogen-bond donors (Lipinski definition) is 1. The van der Waals surface area contributed by atoms with E-state index in [4.69, 9.17) is 4.74 Å². The number of halogens is 1. The fraction of sp³-hybridized carbons (Fsp3) is 0.421. The van der Waals surface area contributed by atoms with E-state index in [0.717, 1.165) is 26.1 Å². The van der Waals surface area contributed by atoms with Crippen molar-refractivity contribution in [2.24, 2.45) is 0 Å². The number of nitriles is 1. The number of aromatic nitrogens is 2. The highest BCUT2D eigenvalue weighted by atomic mass is 19.1. The first-order valence-electron chi connectivity index (χ1n) is 9.19. The van der Waals surface area contributed by atoms with E-state index in [1.807, 2.05) is 6.07 Å². The molecule has 2 aliphatic heterocycles. The highest BCUT2D eigenvalue weighted by molar-refractivity contribution is 5.88. The first kappa shape index (κ1) is 18.4. The van der Waals surface area contributed by atoms with E-state index in [9.17, 15) is 14.4 Å². The summed E-state index contributed by atoms with van der Waals surface area (Å²) >= 11 is 0. The van der Waals surface area contributed by atoms with Crippen LogP contribution < -0.4 is 5.32 Å². The van der Waals surface area contributed by atoms with Crippen LogP contribution in [0.15, 0.2) is 30.5 Å². The van der Waals surface area contributed by atoms with Crippen LogP contribution in [0.25, 0.3) is 5.69 Å². The number of ether oxygens (including phenoxy) is 1. The molecule has 1 aromatic heterocycles. The first-order valence-corrected chi connectivity index (χ1v) is 9.19. The smallest absolute Gasteiger partial charge is 0.323 e. The van der Waals surface area contributed by atoms with Crippen molar-refractivity contribution in [3.63, 3.8) is 0 Å². The van der Waals surface area contributed by atoms with Crippen molar-refractivity contribution >= 4 is 11.8 Å². The lowest BCUT2D eigenvalue weighted by atomic mass is 9.99. The Bertz CT molecular complexity index is 923. The van der Waals surface area contributed by atoms with Gasteiger partial charge in [0.15, 0.2) is 5.82 Å². The summed E-state index contributed by atoms with van der Waals surface area (Å²) in [6, 6.07) is 7.51. The van der Waals surface area contributed by atoms with Gasteiger partial charge in [-0.3, -0.25) is 10.2 Å². The molecule has 0 aliphatic carbocycles. The SMILES string of the molecule is CN(C(=O)Nc1ccn(-c2cccc(F)c2C#N)n1)C1CCN2CCOC1C2. The standard InChI is InChI=1S/C19H21FN6O2/c1-24(16-5-7-25-9-10-28-17(16)12-25)19(27)22-18-6-8-26(23-18)15-4-2-3-14(20)13(15)11-21/h2-4,6,8,16-17H,5,7,9-10,12H2,1H3,(H,22,23,27). The largest absolute Gasteiger partial charge is 0.373 e. The van der Waals surface area contributed by atoms with Crippen LogP contribution in [0, 0.1) is 17.1 Å². The number of anilines is 1. The molecule has 1 N–H and O–H groups in total. The summed E-state index contributed by atoms with van der Waals surface area (Å²) in [5.74, 6) is -0.286. The average molecular weight is 384 g/mol. The van der Waals surface area contributed by atoms with E-state index < -0.39 is 5.82 Å². The molecule has 9 heteroatoms. The molecule has 146 valence electrons. The minimum atomic E-state index is -0.611. The van der Waals surface area contributed by atoms with Crippen LogP contribution in [0.3, 0.4) is 0 Å². The zero-order valence-electron chi connectivity index (χ0n) is 15.5. The van der Waals surface area contributed by atoms with E-state index in [0.29, 0.717) is 18.1 Å². The molecule has 2 fully saturated rings. The number of likely N-dealkylation sites (N-methyl/N-ethyl adjacent to an activating group) is 1. The van der Waals surface area contributed by atoms with Gasteiger partial charge in [0, 0.05) is 38.9 Å². The molecule has 4 rings (SSSR count). The Balaban J connectivity index is 1.46. The van der Waals surface area contributed by atoms with Crippen LogP contribution in [0.5, 0.6) is 0 Å². The van der Waals surface area contributed by atoms with Gasteiger partial charge in [0.25, 0.3) is 0 Å². The zero-order valence-corrected chi connectivity index (χ0v) is 15.5. The fourth-order valence-corrected chi connectivity index (χ4v) is 3.80. The Morgan fingerprint density at radius 3 is 3.11 bits per heavy atom. The lowest BCUT2D eigenvalue weighted by Gasteiger charge is -2.45. The molecule has 0 saturated carbocycles. The molecule has 28 heavy (non-hydrogen) atoms. The van der Waals surface area contributed by atoms with Crippen molar-refractivity contribution in [2.45, 2.75) is 18.6 Å². The molecular weight excluding hydrogens is 363 g/mol. The van der Waals surface area contributed by atoms with Gasteiger partial charge in [-0.05, 0) is 18.6 Å². The number of carbonyl (C=O) groups excluding carboxylic acids is 1. The highest BCUT2D eigenvalue weighted by Gasteiger charge is 2.37. The third kappa shape index (κ3) is 3.44. The van der Waals surface area contributed by atoms with Gasteiger partial charge in [-0.25, -0.2) is 13.9 Å². The number of nitrogens with zero attached hydrogens (tertiary/aromatic N) is 5. The quantitative estimate of drug-likeness (QED) is 0.872. The van der Waals surface area contributed by atoms with Crippen LogP contribution in [0.1, 0.15) is 12.0 Å². The molecule has 2 aromatic rings. The molecule has 2 bridgehead atoms. The van der Waals surface area contributed by atoms with Gasteiger partial charge in [-0.15, -0.1) is 5.10 Å². The molecule has 2 amide bonds. The molecule has 3 unspecified atom stereocenters. The van der Waals surface area contributed by atoms with E-state index in [-0.39, 0.29) is 23.7 Å². The van der Waals surface area contributed by atoms with E-state index in [2.05, 4.69) is 15.3 Å². The van der Waals surface area contributed by atoms with E-state index in [1.54, 1.807) is 30.3 Å². The normalized spacial score (nSPS) is 23.7. The van der Waals surface area contributed by atoms with Crippen LogP contribution in [0.4, 0.5) is 15.0 Å². The Kier molecular flexibility index (Phi) is 4.98. The zero-order chi connectivity index (χ0) is 19.7. The maximum atomic E-state index is 13.8. The second kappa shape index (κ2) is 7.58. The van der Waals surface area contributed by atoms with Crippen molar-refractivity contribution < 1.29 is 13.9 Å². The molecular formula is C19H21FN6O2. The van der Waals surface area contributed by atoms with E-state index >= 15 is 0 Å². The molecule has 3 atom stereocenters. The fourth-order valence-electron chi connectivity index (χ4n) is 3.80. The van der Waals surface area contributed by atoms with Crippen molar-refractivity contribution in [1.82, 2.24) is 19.6 Å². The van der Waals surface area contributed by atoms with Gasteiger partial charge < -0.3 is 9.64 Å². The summed E-state index contributed by atoms with van der Waals surface area (Å²) in [6.45, 7) is 3.43. The van der Waals surface area contributed by atoms with Gasteiger partial charge in [0.1, 0.15) is 17.4 Å². The number of rotatable bonds is 3. The maximum absolute atomic E-state index is 13.8. The van der Waals surface area contributed by atoms with Gasteiger partial charge in [0.2, 0.25) is 0 Å². The van der Waals surface area contributed by atoms with Gasteiger partial charge in [-0.1, -0.05) is 6.07 Å². The topological polar surface area (TPSA) is 86.4 Å². The molecule has 2 aliphatic rings. The molecule has 2 saturated heterocycles. The van der Waals surface area contributed by atoms with Crippen molar-refractivity contribution in [1.29, 1.82) is 5.26 Å². The average Bonchev–Trinajstić information content (AvgIpc) is 3.16. The Hall–Kier alpha value is -2.96. The monoisotopic (exact) mass is 384 g/mol. The maximum Gasteiger partial charge on any atom is 0.323 e. The molecule has 8 nitrogen and oxygen atoms in total. The third-order valence-corrected chi connectivity index (χ3v) is 5.34. The van der Waals surface area contributed by atoms with Crippen LogP contribution >= 0.6 is 0 Å². The number of benzene rings is 1. The molecule has 0 radical (unpaired) electrons. The van der Waals surface area contributed by atoms with Crippen LogP contribution in [-0.4, -0.2) is 71.0 Å². The number of hydrogen-bond acceptors (Lipinski definition) is 5. The predicted octanol–water partition coefficient (Wildman–Crippen LogP) is 1.82. The van der Waals surface area contributed by atoms with Gasteiger partial charge in [0.05, 0.1) is 24.4 Å². The number of carbonyl (C=O) groups is 1. The lowest BCUT2D eigenvalue weighted by Crippen LogP contribution is -2.59. The summed E-state index contributed by atoms with van der Waals surface area (Å²) in [5.41, 5.74) is 0.223. The number of amides is 2. The van der Waals surface area contributed by atoms with Crippen molar-refractivity contribution in [2.75, 3.05) is 38.6 Å².